The van der Waals surface area contributed by atoms with Gasteiger partial charge in [0.25, 0.3) is 0 Å². The lowest BCUT2D eigenvalue weighted by Crippen LogP contribution is -2.22. The van der Waals surface area contributed by atoms with E-state index in [-0.39, 0.29) is 0 Å². The van der Waals surface area contributed by atoms with Crippen molar-refractivity contribution < 1.29 is 0 Å². The van der Waals surface area contributed by atoms with Gasteiger partial charge in [-0.05, 0) is 12.1 Å². The Kier molecular flexibility index (Phi) is 3.04. The summed E-state index contributed by atoms with van der Waals surface area (Å²) in [4.78, 5) is 9.09. The standard InChI is InChI=1S/C13H17N5/c1-2-12(8-17-6-4-14-10-17)16-13(3-1)9-18-7-5-15-11-18/h1-7,14-15H,8-11H2. The van der Waals surface area contributed by atoms with Crippen LogP contribution in [0.25, 0.3) is 0 Å². The lowest BCUT2D eigenvalue weighted by Gasteiger charge is -2.17. The lowest BCUT2D eigenvalue weighted by atomic mass is 10.3. The first kappa shape index (κ1) is 11.0. The van der Waals surface area contributed by atoms with E-state index < -0.39 is 0 Å². The van der Waals surface area contributed by atoms with E-state index >= 15 is 0 Å². The van der Waals surface area contributed by atoms with Gasteiger partial charge in [0.1, 0.15) is 0 Å². The Labute approximate surface area is 107 Å². The van der Waals surface area contributed by atoms with E-state index in [9.17, 15) is 0 Å². The van der Waals surface area contributed by atoms with Crippen LogP contribution in [0.1, 0.15) is 11.4 Å². The molecule has 0 fully saturated rings. The number of aromatic nitrogens is 1. The SMILES string of the molecule is C1=CN(Cc2cccc(CN3C=CNC3)n2)CN1. The summed E-state index contributed by atoms with van der Waals surface area (Å²) in [6.07, 6.45) is 8.04. The van der Waals surface area contributed by atoms with Crippen LogP contribution < -0.4 is 10.6 Å². The first-order valence-corrected chi connectivity index (χ1v) is 6.13. The fourth-order valence-corrected chi connectivity index (χ4v) is 2.10. The van der Waals surface area contributed by atoms with E-state index in [0.717, 1.165) is 37.8 Å². The van der Waals surface area contributed by atoms with Gasteiger partial charge in [0.2, 0.25) is 0 Å². The molecule has 2 N–H and O–H groups in total. The average molecular weight is 243 g/mol. The van der Waals surface area contributed by atoms with Gasteiger partial charge in [0.15, 0.2) is 0 Å². The molecule has 0 saturated carbocycles. The first-order chi connectivity index (χ1) is 8.90. The van der Waals surface area contributed by atoms with Crippen LogP contribution in [0.3, 0.4) is 0 Å². The number of rotatable bonds is 4. The van der Waals surface area contributed by atoms with E-state index in [4.69, 9.17) is 4.98 Å². The number of hydrogen-bond donors (Lipinski definition) is 2. The Morgan fingerprint density at radius 2 is 1.50 bits per heavy atom. The third-order valence-electron chi connectivity index (χ3n) is 2.99. The highest BCUT2D eigenvalue weighted by atomic mass is 15.3. The third-order valence-corrected chi connectivity index (χ3v) is 2.99. The molecule has 2 aliphatic rings. The maximum absolute atomic E-state index is 4.69. The van der Waals surface area contributed by atoms with Crippen molar-refractivity contribution in [2.24, 2.45) is 0 Å². The molecular weight excluding hydrogens is 226 g/mol. The van der Waals surface area contributed by atoms with Crippen molar-refractivity contribution in [3.63, 3.8) is 0 Å². The summed E-state index contributed by atoms with van der Waals surface area (Å²) in [5, 5.41) is 6.32. The second-order valence-electron chi connectivity index (χ2n) is 4.47. The fraction of sp³-hybridized carbons (Fsp3) is 0.308. The highest BCUT2D eigenvalue weighted by Gasteiger charge is 2.08. The summed E-state index contributed by atoms with van der Waals surface area (Å²) < 4.78 is 0. The molecule has 0 aliphatic carbocycles. The Bertz CT molecular complexity index is 429. The fourth-order valence-electron chi connectivity index (χ4n) is 2.10. The van der Waals surface area contributed by atoms with Crippen LogP contribution in [-0.2, 0) is 13.1 Å². The second-order valence-corrected chi connectivity index (χ2v) is 4.47. The summed E-state index contributed by atoms with van der Waals surface area (Å²) in [6, 6.07) is 6.24. The largest absolute Gasteiger partial charge is 0.373 e. The summed E-state index contributed by atoms with van der Waals surface area (Å²) in [6.45, 7) is 3.44. The van der Waals surface area contributed by atoms with Crippen LogP contribution in [0.2, 0.25) is 0 Å². The molecule has 94 valence electrons. The summed E-state index contributed by atoms with van der Waals surface area (Å²) in [5.41, 5.74) is 2.22. The average Bonchev–Trinajstić information content (AvgIpc) is 3.03. The summed E-state index contributed by atoms with van der Waals surface area (Å²) >= 11 is 0. The number of pyridine rings is 1. The van der Waals surface area contributed by atoms with Crippen LogP contribution in [0.15, 0.2) is 43.0 Å². The minimum atomic E-state index is 0.853. The minimum absolute atomic E-state index is 0.853. The predicted octanol–water partition coefficient (Wildman–Crippen LogP) is 0.749. The number of nitrogens with zero attached hydrogens (tertiary/aromatic N) is 3. The first-order valence-electron chi connectivity index (χ1n) is 6.13. The van der Waals surface area contributed by atoms with Crippen molar-refractivity contribution in [1.29, 1.82) is 0 Å². The van der Waals surface area contributed by atoms with Gasteiger partial charge in [-0.1, -0.05) is 6.07 Å². The maximum Gasteiger partial charge on any atom is 0.0871 e. The maximum atomic E-state index is 4.69. The lowest BCUT2D eigenvalue weighted by molar-refractivity contribution is 0.369. The molecule has 0 bridgehead atoms. The molecule has 2 aliphatic heterocycles. The van der Waals surface area contributed by atoms with Crippen LogP contribution in [0.4, 0.5) is 0 Å². The smallest absolute Gasteiger partial charge is 0.0871 e. The molecule has 0 unspecified atom stereocenters. The molecule has 3 rings (SSSR count). The van der Waals surface area contributed by atoms with Crippen molar-refractivity contribution in [3.8, 4) is 0 Å². The normalized spacial score (nSPS) is 17.1. The van der Waals surface area contributed by atoms with Crippen LogP contribution in [0, 0.1) is 0 Å². The van der Waals surface area contributed by atoms with Gasteiger partial charge >= 0.3 is 0 Å². The zero-order chi connectivity index (χ0) is 12.2. The van der Waals surface area contributed by atoms with Gasteiger partial charge < -0.3 is 20.4 Å². The van der Waals surface area contributed by atoms with E-state index in [1.165, 1.54) is 0 Å². The monoisotopic (exact) mass is 243 g/mol. The van der Waals surface area contributed by atoms with E-state index in [1.807, 2.05) is 12.4 Å². The minimum Gasteiger partial charge on any atom is -0.373 e. The Hall–Kier alpha value is -2.17. The van der Waals surface area contributed by atoms with Crippen molar-refractivity contribution in [2.45, 2.75) is 13.1 Å². The zero-order valence-corrected chi connectivity index (χ0v) is 10.2. The number of hydrogen-bond acceptors (Lipinski definition) is 5. The molecule has 5 nitrogen and oxygen atoms in total. The third kappa shape index (κ3) is 2.56. The second kappa shape index (κ2) is 5.00. The highest BCUT2D eigenvalue weighted by Crippen LogP contribution is 2.08. The van der Waals surface area contributed by atoms with Crippen molar-refractivity contribution in [1.82, 2.24) is 25.4 Å². The van der Waals surface area contributed by atoms with Crippen LogP contribution >= 0.6 is 0 Å². The van der Waals surface area contributed by atoms with Gasteiger partial charge in [-0.15, -0.1) is 0 Å². The molecule has 1 aromatic heterocycles. The Morgan fingerprint density at radius 3 is 1.94 bits per heavy atom. The molecule has 0 radical (unpaired) electrons. The Morgan fingerprint density at radius 1 is 0.944 bits per heavy atom. The van der Waals surface area contributed by atoms with E-state index in [1.54, 1.807) is 0 Å². The molecule has 0 amide bonds. The Balaban J connectivity index is 1.64. The molecule has 3 heterocycles. The highest BCUT2D eigenvalue weighted by molar-refractivity contribution is 5.12. The molecular formula is C13H17N5. The number of nitrogens with one attached hydrogen (secondary N) is 2. The quantitative estimate of drug-likeness (QED) is 0.817. The van der Waals surface area contributed by atoms with Gasteiger partial charge in [-0.2, -0.15) is 0 Å². The summed E-state index contributed by atoms with van der Waals surface area (Å²) in [5.74, 6) is 0. The van der Waals surface area contributed by atoms with E-state index in [0.29, 0.717) is 0 Å². The van der Waals surface area contributed by atoms with Gasteiger partial charge in [0, 0.05) is 24.8 Å². The van der Waals surface area contributed by atoms with E-state index in [2.05, 4.69) is 51.0 Å². The predicted molar refractivity (Wildman–Crippen MR) is 69.6 cm³/mol. The van der Waals surface area contributed by atoms with Gasteiger partial charge in [-0.3, -0.25) is 4.98 Å². The molecule has 0 atom stereocenters. The molecule has 0 spiro atoms. The molecule has 18 heavy (non-hydrogen) atoms. The molecule has 0 saturated heterocycles. The molecule has 0 aromatic carbocycles. The molecule has 5 heteroatoms. The van der Waals surface area contributed by atoms with Gasteiger partial charge in [-0.25, -0.2) is 0 Å². The van der Waals surface area contributed by atoms with Crippen molar-refractivity contribution >= 4 is 0 Å². The van der Waals surface area contributed by atoms with Crippen molar-refractivity contribution in [3.05, 3.63) is 54.4 Å². The van der Waals surface area contributed by atoms with Crippen molar-refractivity contribution in [2.75, 3.05) is 13.3 Å². The summed E-state index contributed by atoms with van der Waals surface area (Å²) in [7, 11) is 0. The van der Waals surface area contributed by atoms with Gasteiger partial charge in [0.05, 0.1) is 37.8 Å². The zero-order valence-electron chi connectivity index (χ0n) is 10.2. The molecule has 1 aromatic rings. The topological polar surface area (TPSA) is 43.4 Å². The van der Waals surface area contributed by atoms with Crippen LogP contribution in [0.5, 0.6) is 0 Å². The van der Waals surface area contributed by atoms with Crippen LogP contribution in [-0.4, -0.2) is 28.1 Å².